The summed E-state index contributed by atoms with van der Waals surface area (Å²) in [5, 5.41) is 16.4. The van der Waals surface area contributed by atoms with Gasteiger partial charge in [-0.1, -0.05) is 17.7 Å². The van der Waals surface area contributed by atoms with Crippen LogP contribution in [0.1, 0.15) is 10.4 Å². The maximum absolute atomic E-state index is 12.4. The molecule has 1 amide bonds. The molecular weight excluding hydrogens is 353 g/mol. The fourth-order valence-electron chi connectivity index (χ4n) is 2.05. The Morgan fingerprint density at radius 2 is 1.96 bits per heavy atom. The first kappa shape index (κ1) is 18.3. The highest BCUT2D eigenvalue weighted by atomic mass is 35.5. The second kappa shape index (κ2) is 8.20. The van der Waals surface area contributed by atoms with Crippen molar-refractivity contribution in [3.8, 4) is 0 Å². The minimum absolute atomic E-state index is 0.00569. The predicted molar refractivity (Wildman–Crippen MR) is 92.0 cm³/mol. The topological polar surface area (TPSA) is 101 Å². The molecule has 0 saturated heterocycles. The van der Waals surface area contributed by atoms with E-state index in [1.807, 2.05) is 0 Å². The number of carbonyl (C=O) groups excluding carboxylic acids is 2. The van der Waals surface area contributed by atoms with E-state index >= 15 is 0 Å². The molecule has 0 spiro atoms. The molecule has 0 unspecified atom stereocenters. The number of nitrogens with one attached hydrogen (secondary N) is 2. The Bertz CT molecular complexity index is 829. The van der Waals surface area contributed by atoms with Gasteiger partial charge in [-0.25, -0.2) is 4.39 Å². The van der Waals surface area contributed by atoms with Crippen LogP contribution in [-0.2, 0) is 4.79 Å². The summed E-state index contributed by atoms with van der Waals surface area (Å²) in [5.41, 5.74) is 0.182. The lowest BCUT2D eigenvalue weighted by atomic mass is 10.1. The fraction of sp³-hybridized carbons (Fsp3) is 0.125. The van der Waals surface area contributed by atoms with Crippen molar-refractivity contribution in [3.05, 3.63) is 63.2 Å². The van der Waals surface area contributed by atoms with Crippen LogP contribution in [0.5, 0.6) is 0 Å². The summed E-state index contributed by atoms with van der Waals surface area (Å²) < 4.78 is 12.4. The summed E-state index contributed by atoms with van der Waals surface area (Å²) in [7, 11) is 0. The van der Waals surface area contributed by atoms with Gasteiger partial charge in [0.2, 0.25) is 0 Å². The number of benzene rings is 2. The number of hydrogen-bond donors (Lipinski definition) is 2. The van der Waals surface area contributed by atoms with Crippen LogP contribution in [0.15, 0.2) is 42.5 Å². The van der Waals surface area contributed by atoms with Gasteiger partial charge in [-0.15, -0.1) is 0 Å². The van der Waals surface area contributed by atoms with E-state index in [1.165, 1.54) is 6.07 Å². The maximum Gasteiger partial charge on any atom is 0.270 e. The molecule has 0 aliphatic carbocycles. The highest BCUT2D eigenvalue weighted by Gasteiger charge is 2.18. The van der Waals surface area contributed by atoms with Gasteiger partial charge in [0.25, 0.3) is 11.6 Å². The largest absolute Gasteiger partial charge is 0.378 e. The first-order chi connectivity index (χ1) is 11.9. The molecule has 0 saturated carbocycles. The van der Waals surface area contributed by atoms with Gasteiger partial charge in [0, 0.05) is 28.4 Å². The zero-order valence-electron chi connectivity index (χ0n) is 12.8. The van der Waals surface area contributed by atoms with Gasteiger partial charge in [-0.05, 0) is 24.3 Å². The molecule has 2 aromatic carbocycles. The molecule has 9 heteroatoms. The van der Waals surface area contributed by atoms with Crippen LogP contribution in [0.2, 0.25) is 5.02 Å². The summed E-state index contributed by atoms with van der Waals surface area (Å²) in [6, 6.07) is 10.0. The molecule has 0 aliphatic heterocycles. The number of nitro groups is 1. The lowest BCUT2D eigenvalue weighted by Crippen LogP contribution is -2.19. The van der Waals surface area contributed by atoms with Crippen LogP contribution < -0.4 is 10.6 Å². The number of nitrogens with zero attached hydrogens (tertiary/aromatic N) is 1. The standard InChI is InChI=1S/C16H13ClFN3O4/c17-10-2-1-3-11(6-10)19-9-15(22)13-7-12(21(24)25)4-5-14(13)20-16(23)8-18/h1-7,19H,8-9H2,(H,20,23). The van der Waals surface area contributed by atoms with Crippen molar-refractivity contribution in [3.63, 3.8) is 0 Å². The van der Waals surface area contributed by atoms with Crippen LogP contribution >= 0.6 is 11.6 Å². The third-order valence-electron chi connectivity index (χ3n) is 3.19. The van der Waals surface area contributed by atoms with Crippen molar-refractivity contribution in [2.45, 2.75) is 0 Å². The van der Waals surface area contributed by atoms with Gasteiger partial charge >= 0.3 is 0 Å². The molecule has 7 nitrogen and oxygen atoms in total. The maximum atomic E-state index is 12.4. The molecule has 130 valence electrons. The Morgan fingerprint density at radius 1 is 1.20 bits per heavy atom. The average Bonchev–Trinajstić information content (AvgIpc) is 2.59. The minimum Gasteiger partial charge on any atom is -0.378 e. The summed E-state index contributed by atoms with van der Waals surface area (Å²) >= 11 is 5.85. The van der Waals surface area contributed by atoms with Gasteiger partial charge in [0.1, 0.15) is 0 Å². The third kappa shape index (κ3) is 4.98. The van der Waals surface area contributed by atoms with Crippen molar-refractivity contribution < 1.29 is 18.9 Å². The van der Waals surface area contributed by atoms with Gasteiger partial charge < -0.3 is 10.6 Å². The number of alkyl halides is 1. The van der Waals surface area contributed by atoms with E-state index in [0.717, 1.165) is 12.1 Å². The van der Waals surface area contributed by atoms with E-state index in [1.54, 1.807) is 24.3 Å². The quantitative estimate of drug-likeness (QED) is 0.444. The highest BCUT2D eigenvalue weighted by Crippen LogP contribution is 2.23. The van der Waals surface area contributed by atoms with Crippen molar-refractivity contribution in [2.24, 2.45) is 0 Å². The van der Waals surface area contributed by atoms with Crippen molar-refractivity contribution in [1.29, 1.82) is 0 Å². The number of ketones is 1. The first-order valence-corrected chi connectivity index (χ1v) is 7.45. The minimum atomic E-state index is -1.27. The molecular formula is C16H13ClFN3O4. The number of non-ortho nitro benzene ring substituents is 1. The number of nitro benzene ring substituents is 1. The molecule has 2 N–H and O–H groups in total. The van der Waals surface area contributed by atoms with Crippen LogP contribution in [0, 0.1) is 10.1 Å². The number of anilines is 2. The Hall–Kier alpha value is -3.00. The zero-order valence-corrected chi connectivity index (χ0v) is 13.5. The van der Waals surface area contributed by atoms with Gasteiger partial charge in [-0.3, -0.25) is 19.7 Å². The molecule has 0 fully saturated rings. The number of Topliss-reactive ketones (excluding diaryl/α,β-unsaturated/α-hetero) is 1. The summed E-state index contributed by atoms with van der Waals surface area (Å²) in [4.78, 5) is 33.9. The van der Waals surface area contributed by atoms with Gasteiger partial charge in [-0.2, -0.15) is 0 Å². The Morgan fingerprint density at radius 3 is 2.60 bits per heavy atom. The zero-order chi connectivity index (χ0) is 18.4. The highest BCUT2D eigenvalue weighted by molar-refractivity contribution is 6.30. The van der Waals surface area contributed by atoms with Crippen LogP contribution in [0.25, 0.3) is 0 Å². The Balaban J connectivity index is 2.24. The van der Waals surface area contributed by atoms with Crippen LogP contribution in [0.4, 0.5) is 21.5 Å². The second-order valence-corrected chi connectivity index (χ2v) is 5.39. The van der Waals surface area contributed by atoms with Gasteiger partial charge in [0.15, 0.2) is 12.5 Å². The fourth-order valence-corrected chi connectivity index (χ4v) is 2.24. The van der Waals surface area contributed by atoms with E-state index in [2.05, 4.69) is 10.6 Å². The van der Waals surface area contributed by atoms with Gasteiger partial charge in [0.05, 0.1) is 17.2 Å². The summed E-state index contributed by atoms with van der Waals surface area (Å²) in [6.07, 6.45) is 0. The second-order valence-electron chi connectivity index (χ2n) is 4.96. The smallest absolute Gasteiger partial charge is 0.270 e. The number of carbonyl (C=O) groups is 2. The lowest BCUT2D eigenvalue weighted by Gasteiger charge is -2.11. The SMILES string of the molecule is O=C(CF)Nc1ccc([N+](=O)[O-])cc1C(=O)CNc1cccc(Cl)c1. The number of hydrogen-bond acceptors (Lipinski definition) is 5. The van der Waals surface area contributed by atoms with E-state index < -0.39 is 23.3 Å². The third-order valence-corrected chi connectivity index (χ3v) is 3.42. The number of rotatable bonds is 7. The van der Waals surface area contributed by atoms with Crippen molar-refractivity contribution >= 4 is 40.4 Å². The Kier molecular flexibility index (Phi) is 6.02. The molecule has 0 atom stereocenters. The molecule has 0 heterocycles. The van der Waals surface area contributed by atoms with E-state index in [4.69, 9.17) is 11.6 Å². The van der Waals surface area contributed by atoms with Crippen molar-refractivity contribution in [1.82, 2.24) is 0 Å². The number of amides is 1. The molecule has 2 rings (SSSR count). The molecule has 0 aromatic heterocycles. The van der Waals surface area contributed by atoms with Crippen LogP contribution in [-0.4, -0.2) is 29.8 Å². The van der Waals surface area contributed by atoms with E-state index in [-0.39, 0.29) is 23.5 Å². The molecule has 0 radical (unpaired) electrons. The normalized spacial score (nSPS) is 10.2. The summed E-state index contributed by atoms with van der Waals surface area (Å²) in [6.45, 7) is -1.47. The molecule has 0 bridgehead atoms. The van der Waals surface area contributed by atoms with E-state index in [9.17, 15) is 24.1 Å². The molecule has 2 aromatic rings. The summed E-state index contributed by atoms with van der Waals surface area (Å²) in [5.74, 6) is -1.47. The van der Waals surface area contributed by atoms with E-state index in [0.29, 0.717) is 10.7 Å². The van der Waals surface area contributed by atoms with Crippen molar-refractivity contribution in [2.75, 3.05) is 23.9 Å². The average molecular weight is 366 g/mol. The number of halogens is 2. The molecule has 25 heavy (non-hydrogen) atoms. The monoisotopic (exact) mass is 365 g/mol. The Labute approximate surface area is 146 Å². The first-order valence-electron chi connectivity index (χ1n) is 7.07. The molecule has 0 aliphatic rings. The lowest BCUT2D eigenvalue weighted by molar-refractivity contribution is -0.384. The predicted octanol–water partition coefficient (Wildman–Crippen LogP) is 3.45. The van der Waals surface area contributed by atoms with Crippen LogP contribution in [0.3, 0.4) is 0 Å².